The molecule has 3 nitrogen and oxygen atoms in total. The van der Waals surface area contributed by atoms with Crippen molar-refractivity contribution >= 4 is 22.9 Å². The number of nitrogens with two attached hydrogens (primary N) is 1. The van der Waals surface area contributed by atoms with E-state index in [-0.39, 0.29) is 0 Å². The molecule has 2 aromatic heterocycles. The van der Waals surface area contributed by atoms with Gasteiger partial charge in [-0.15, -0.1) is 0 Å². The molecule has 0 amide bonds. The molecular formula is C14H13N3S. The van der Waals surface area contributed by atoms with Crippen LogP contribution in [0.3, 0.4) is 0 Å². The smallest absolute Gasteiger partial charge is 0.0629 e. The summed E-state index contributed by atoms with van der Waals surface area (Å²) in [6.07, 6.45) is 3.68. The van der Waals surface area contributed by atoms with Gasteiger partial charge in [-0.2, -0.15) is 0 Å². The lowest BCUT2D eigenvalue weighted by Crippen LogP contribution is -2.01. The maximum atomic E-state index is 5.81. The Kier molecular flexibility index (Phi) is 3.04. The van der Waals surface area contributed by atoms with E-state index in [2.05, 4.69) is 27.2 Å². The van der Waals surface area contributed by atoms with Crippen molar-refractivity contribution in [1.29, 1.82) is 0 Å². The fourth-order valence-electron chi connectivity index (χ4n) is 1.92. The minimum Gasteiger partial charge on any atom is -0.325 e. The maximum absolute atomic E-state index is 5.81. The van der Waals surface area contributed by atoms with E-state index in [1.54, 1.807) is 11.9 Å². The fraction of sp³-hybridized carbons (Fsp3) is 0.0714. The minimum atomic E-state index is 0.522. The first kappa shape index (κ1) is 11.3. The lowest BCUT2D eigenvalue weighted by atomic mass is 10.3. The zero-order valence-corrected chi connectivity index (χ0v) is 10.6. The molecule has 90 valence electrons. The average molecular weight is 255 g/mol. The Hall–Kier alpha value is -1.78. The highest BCUT2D eigenvalue weighted by Crippen LogP contribution is 2.28. The van der Waals surface area contributed by atoms with Crippen LogP contribution in [0.2, 0.25) is 0 Å². The molecule has 2 N–H and O–H groups in total. The molecule has 0 aliphatic rings. The van der Waals surface area contributed by atoms with Crippen LogP contribution in [0.1, 0.15) is 5.69 Å². The van der Waals surface area contributed by atoms with Gasteiger partial charge in [0, 0.05) is 34.9 Å². The number of benzene rings is 1. The third-order valence-corrected chi connectivity index (χ3v) is 3.88. The highest BCUT2D eigenvalue weighted by Gasteiger charge is 2.08. The van der Waals surface area contributed by atoms with Gasteiger partial charge in [0.1, 0.15) is 0 Å². The van der Waals surface area contributed by atoms with E-state index in [0.29, 0.717) is 6.54 Å². The van der Waals surface area contributed by atoms with Crippen LogP contribution in [0, 0.1) is 0 Å². The first-order valence-corrected chi connectivity index (χ1v) is 6.53. The lowest BCUT2D eigenvalue weighted by Gasteiger charge is -2.07. The highest BCUT2D eigenvalue weighted by atomic mass is 32.2. The number of pyridine rings is 1. The molecule has 0 bridgehead atoms. The molecule has 18 heavy (non-hydrogen) atoms. The number of aromatic nitrogens is 2. The van der Waals surface area contributed by atoms with E-state index in [1.807, 2.05) is 36.7 Å². The molecule has 0 fully saturated rings. The van der Waals surface area contributed by atoms with E-state index >= 15 is 0 Å². The van der Waals surface area contributed by atoms with Gasteiger partial charge in [-0.1, -0.05) is 18.2 Å². The summed E-state index contributed by atoms with van der Waals surface area (Å²) in [4.78, 5) is 5.34. The molecule has 0 radical (unpaired) electrons. The number of fused-ring (bicyclic) bond motifs is 1. The van der Waals surface area contributed by atoms with Crippen molar-refractivity contribution in [3.8, 4) is 0 Å². The number of hydrogen-bond acceptors (Lipinski definition) is 3. The van der Waals surface area contributed by atoms with Crippen LogP contribution >= 0.6 is 11.9 Å². The molecule has 0 spiro atoms. The van der Waals surface area contributed by atoms with Gasteiger partial charge in [-0.25, -0.2) is 0 Å². The van der Waals surface area contributed by atoms with Gasteiger partial charge in [0.2, 0.25) is 0 Å². The molecule has 4 heteroatoms. The molecule has 0 aliphatic carbocycles. The average Bonchev–Trinajstić information content (AvgIpc) is 2.78. The highest BCUT2D eigenvalue weighted by molar-refractivity contribution is 7.98. The van der Waals surface area contributed by atoms with E-state index in [0.717, 1.165) is 16.6 Å². The Morgan fingerprint density at radius 3 is 2.78 bits per heavy atom. The summed E-state index contributed by atoms with van der Waals surface area (Å²) in [7, 11) is 0. The predicted molar refractivity (Wildman–Crippen MR) is 75.3 cm³/mol. The van der Waals surface area contributed by atoms with Crippen LogP contribution in [-0.2, 0) is 6.54 Å². The molecule has 2 heterocycles. The van der Waals surface area contributed by atoms with Gasteiger partial charge in [-0.05, 0) is 36.2 Å². The second kappa shape index (κ2) is 4.84. The van der Waals surface area contributed by atoms with Gasteiger partial charge < -0.3 is 5.73 Å². The first-order chi connectivity index (χ1) is 8.88. The Balaban J connectivity index is 2.10. The van der Waals surface area contributed by atoms with Crippen molar-refractivity contribution in [3.63, 3.8) is 0 Å². The van der Waals surface area contributed by atoms with Gasteiger partial charge in [0.25, 0.3) is 0 Å². The van der Waals surface area contributed by atoms with Crippen LogP contribution in [-0.4, -0.2) is 8.96 Å². The quantitative estimate of drug-likeness (QED) is 0.782. The molecule has 3 aromatic rings. The summed E-state index contributed by atoms with van der Waals surface area (Å²) in [5.41, 5.74) is 8.07. The Labute approximate surface area is 110 Å². The SMILES string of the molecule is NCc1cc2cnccc2n1Sc1ccccc1. The number of rotatable bonds is 3. The summed E-state index contributed by atoms with van der Waals surface area (Å²) in [5, 5.41) is 1.13. The van der Waals surface area contributed by atoms with Gasteiger partial charge in [0.15, 0.2) is 0 Å². The molecule has 0 atom stereocenters. The van der Waals surface area contributed by atoms with E-state index in [4.69, 9.17) is 5.73 Å². The van der Waals surface area contributed by atoms with Crippen LogP contribution < -0.4 is 5.73 Å². The summed E-state index contributed by atoms with van der Waals surface area (Å²) < 4.78 is 2.17. The zero-order valence-electron chi connectivity index (χ0n) is 9.78. The van der Waals surface area contributed by atoms with Crippen molar-refractivity contribution in [2.75, 3.05) is 0 Å². The maximum Gasteiger partial charge on any atom is 0.0629 e. The number of nitrogens with zero attached hydrogens (tertiary/aromatic N) is 2. The molecule has 0 saturated heterocycles. The molecule has 0 saturated carbocycles. The van der Waals surface area contributed by atoms with Crippen LogP contribution in [0.15, 0.2) is 59.8 Å². The summed E-state index contributed by atoms with van der Waals surface area (Å²) >= 11 is 1.68. The third kappa shape index (κ3) is 2.00. The van der Waals surface area contributed by atoms with Gasteiger partial charge in [-0.3, -0.25) is 8.96 Å². The Morgan fingerprint density at radius 2 is 2.00 bits per heavy atom. The normalized spacial score (nSPS) is 10.9. The van der Waals surface area contributed by atoms with Crippen molar-refractivity contribution in [1.82, 2.24) is 8.96 Å². The Morgan fingerprint density at radius 1 is 1.17 bits per heavy atom. The first-order valence-electron chi connectivity index (χ1n) is 5.76. The molecule has 1 aromatic carbocycles. The molecule has 3 rings (SSSR count). The predicted octanol–water partition coefficient (Wildman–Crippen LogP) is 3.05. The van der Waals surface area contributed by atoms with E-state index in [1.165, 1.54) is 4.90 Å². The van der Waals surface area contributed by atoms with Gasteiger partial charge in [0.05, 0.1) is 5.52 Å². The fourth-order valence-corrected chi connectivity index (χ4v) is 2.92. The summed E-state index contributed by atoms with van der Waals surface area (Å²) in [6, 6.07) is 14.4. The van der Waals surface area contributed by atoms with Gasteiger partial charge >= 0.3 is 0 Å². The Bertz CT molecular complexity index is 661. The third-order valence-electron chi connectivity index (χ3n) is 2.78. The monoisotopic (exact) mass is 255 g/mol. The molecular weight excluding hydrogens is 242 g/mol. The molecule has 0 aliphatic heterocycles. The number of hydrogen-bond donors (Lipinski definition) is 1. The van der Waals surface area contributed by atoms with Crippen molar-refractivity contribution in [3.05, 3.63) is 60.6 Å². The summed E-state index contributed by atoms with van der Waals surface area (Å²) in [5.74, 6) is 0. The van der Waals surface area contributed by atoms with Crippen LogP contribution in [0.25, 0.3) is 10.9 Å². The van der Waals surface area contributed by atoms with Crippen molar-refractivity contribution in [2.24, 2.45) is 5.73 Å². The minimum absolute atomic E-state index is 0.522. The second-order valence-corrected chi connectivity index (χ2v) is 4.99. The van der Waals surface area contributed by atoms with Crippen LogP contribution in [0.4, 0.5) is 0 Å². The standard InChI is InChI=1S/C14H13N3S/c15-9-12-8-11-10-16-7-6-14(11)17(12)18-13-4-2-1-3-5-13/h1-8,10H,9,15H2. The lowest BCUT2D eigenvalue weighted by molar-refractivity contribution is 0.993. The molecule has 0 unspecified atom stereocenters. The topological polar surface area (TPSA) is 43.8 Å². The van der Waals surface area contributed by atoms with E-state index < -0.39 is 0 Å². The van der Waals surface area contributed by atoms with Crippen molar-refractivity contribution < 1.29 is 0 Å². The van der Waals surface area contributed by atoms with Crippen molar-refractivity contribution in [2.45, 2.75) is 11.4 Å². The summed E-state index contributed by atoms with van der Waals surface area (Å²) in [6.45, 7) is 0.522. The van der Waals surface area contributed by atoms with E-state index in [9.17, 15) is 0 Å². The second-order valence-electron chi connectivity index (χ2n) is 3.97. The van der Waals surface area contributed by atoms with Crippen LogP contribution in [0.5, 0.6) is 0 Å². The largest absolute Gasteiger partial charge is 0.325 e. The zero-order chi connectivity index (χ0) is 12.4.